The minimum Gasteiger partial charge on any atom is -0.462 e. The largest absolute Gasteiger partial charge is 0.462 e. The number of carbonyl (C=O) groups is 3. The number of nitrogens with one attached hydrogen (secondary N) is 2. The molecule has 3 rings (SSSR count). The molecule has 2 N–H and O–H groups in total. The van der Waals surface area contributed by atoms with Crippen LogP contribution in [0.1, 0.15) is 51.0 Å². The molecule has 0 aliphatic heterocycles. The predicted molar refractivity (Wildman–Crippen MR) is 116 cm³/mol. The van der Waals surface area contributed by atoms with Crippen LogP contribution in [0.15, 0.2) is 77.4 Å². The smallest absolute Gasteiger partial charge is 0.338 e. The van der Waals surface area contributed by atoms with Gasteiger partial charge in [0.25, 0.3) is 5.91 Å². The monoisotopic (exact) mass is 420 g/mol. The number of unbranched alkanes of at least 4 members (excludes halogenated alkanes) is 1. The van der Waals surface area contributed by atoms with Crippen molar-refractivity contribution in [3.05, 3.63) is 89.9 Å². The van der Waals surface area contributed by atoms with E-state index >= 15 is 0 Å². The zero-order chi connectivity index (χ0) is 22.1. The van der Waals surface area contributed by atoms with E-state index in [2.05, 4.69) is 10.6 Å². The molecule has 1 atom stereocenters. The van der Waals surface area contributed by atoms with E-state index in [-0.39, 0.29) is 11.5 Å². The van der Waals surface area contributed by atoms with E-state index in [1.807, 2.05) is 6.92 Å². The van der Waals surface area contributed by atoms with Crippen LogP contribution in [-0.4, -0.2) is 30.4 Å². The van der Waals surface area contributed by atoms with Crippen molar-refractivity contribution >= 4 is 23.3 Å². The molecule has 0 spiro atoms. The minimum absolute atomic E-state index is 0.0952. The predicted octanol–water partition coefficient (Wildman–Crippen LogP) is 4.29. The number of ether oxygens (including phenoxy) is 1. The van der Waals surface area contributed by atoms with Gasteiger partial charge in [-0.3, -0.25) is 9.59 Å². The molecule has 0 radical (unpaired) electrons. The third-order valence-corrected chi connectivity index (χ3v) is 4.50. The van der Waals surface area contributed by atoms with Crippen LogP contribution in [0, 0.1) is 0 Å². The number of esters is 1. The topological polar surface area (TPSA) is 97.6 Å². The van der Waals surface area contributed by atoms with E-state index in [1.165, 1.54) is 12.3 Å². The van der Waals surface area contributed by atoms with Gasteiger partial charge in [-0.05, 0) is 42.8 Å². The molecule has 1 heterocycles. The fourth-order valence-electron chi connectivity index (χ4n) is 2.81. The Morgan fingerprint density at radius 3 is 2.32 bits per heavy atom. The van der Waals surface area contributed by atoms with E-state index in [1.54, 1.807) is 60.7 Å². The quantitative estimate of drug-likeness (QED) is 0.220. The zero-order valence-corrected chi connectivity index (χ0v) is 17.2. The van der Waals surface area contributed by atoms with Crippen molar-refractivity contribution in [1.29, 1.82) is 0 Å². The van der Waals surface area contributed by atoms with Crippen LogP contribution in [0.2, 0.25) is 0 Å². The number of carbonyl (C=O) groups excluding carboxylic acids is 3. The van der Waals surface area contributed by atoms with E-state index in [0.717, 1.165) is 12.8 Å². The Bertz CT molecular complexity index is 998. The normalized spacial score (nSPS) is 11.4. The SMILES string of the molecule is CCCCOC(=O)c1ccc(N[C@@H](NC(=O)c2ccco2)C(=O)c2ccccc2)cc1. The molecule has 7 nitrogen and oxygen atoms in total. The van der Waals surface area contributed by atoms with Crippen molar-refractivity contribution in [2.24, 2.45) is 0 Å². The molecule has 31 heavy (non-hydrogen) atoms. The molecule has 1 aromatic heterocycles. The van der Waals surface area contributed by atoms with E-state index in [0.29, 0.717) is 23.4 Å². The number of ketones is 1. The van der Waals surface area contributed by atoms with Crippen LogP contribution in [0.3, 0.4) is 0 Å². The maximum absolute atomic E-state index is 13.0. The molecule has 0 saturated heterocycles. The molecule has 0 aliphatic carbocycles. The number of hydrogen-bond donors (Lipinski definition) is 2. The number of hydrogen-bond acceptors (Lipinski definition) is 6. The minimum atomic E-state index is -1.04. The summed E-state index contributed by atoms with van der Waals surface area (Å²) >= 11 is 0. The second-order valence-corrected chi connectivity index (χ2v) is 6.83. The molecule has 160 valence electrons. The summed E-state index contributed by atoms with van der Waals surface area (Å²) < 4.78 is 10.3. The van der Waals surface area contributed by atoms with Crippen LogP contribution in [-0.2, 0) is 4.74 Å². The van der Waals surface area contributed by atoms with Gasteiger partial charge in [-0.1, -0.05) is 43.7 Å². The Kier molecular flexibility index (Phi) is 7.59. The van der Waals surface area contributed by atoms with Crippen molar-refractivity contribution in [3.8, 4) is 0 Å². The number of rotatable bonds is 10. The Hall–Kier alpha value is -3.87. The summed E-state index contributed by atoms with van der Waals surface area (Å²) in [7, 11) is 0. The van der Waals surface area contributed by atoms with Gasteiger partial charge in [0.15, 0.2) is 11.9 Å². The number of furan rings is 1. The van der Waals surface area contributed by atoms with Crippen LogP contribution >= 0.6 is 0 Å². The number of amides is 1. The second kappa shape index (κ2) is 10.8. The number of Topliss-reactive ketones (excluding diaryl/α,β-unsaturated/α-hetero) is 1. The first kappa shape index (κ1) is 21.8. The third kappa shape index (κ3) is 6.05. The lowest BCUT2D eigenvalue weighted by atomic mass is 10.1. The highest BCUT2D eigenvalue weighted by atomic mass is 16.5. The lowest BCUT2D eigenvalue weighted by molar-refractivity contribution is 0.0499. The van der Waals surface area contributed by atoms with Crippen molar-refractivity contribution in [2.45, 2.75) is 25.9 Å². The molecule has 0 fully saturated rings. The van der Waals surface area contributed by atoms with Crippen LogP contribution < -0.4 is 10.6 Å². The highest BCUT2D eigenvalue weighted by molar-refractivity contribution is 6.04. The molecule has 0 bridgehead atoms. The Morgan fingerprint density at radius 2 is 1.68 bits per heavy atom. The average Bonchev–Trinajstić information content (AvgIpc) is 3.34. The van der Waals surface area contributed by atoms with Gasteiger partial charge in [-0.2, -0.15) is 0 Å². The van der Waals surface area contributed by atoms with Crippen LogP contribution in [0.4, 0.5) is 5.69 Å². The van der Waals surface area contributed by atoms with E-state index in [4.69, 9.17) is 9.15 Å². The van der Waals surface area contributed by atoms with Crippen LogP contribution in [0.25, 0.3) is 0 Å². The van der Waals surface area contributed by atoms with Crippen molar-refractivity contribution < 1.29 is 23.5 Å². The van der Waals surface area contributed by atoms with Gasteiger partial charge >= 0.3 is 5.97 Å². The number of benzene rings is 2. The zero-order valence-electron chi connectivity index (χ0n) is 17.2. The standard InChI is InChI=1S/C24H24N2O5/c1-2-3-15-31-24(29)18-11-13-19(14-12-18)25-22(21(27)17-8-5-4-6-9-17)26-23(28)20-10-7-16-30-20/h4-14,16,22,25H,2-3,15H2,1H3,(H,26,28)/t22-/m0/s1. The number of anilines is 1. The van der Waals surface area contributed by atoms with Crippen LogP contribution in [0.5, 0.6) is 0 Å². The Morgan fingerprint density at radius 1 is 0.935 bits per heavy atom. The fourth-order valence-corrected chi connectivity index (χ4v) is 2.81. The Labute approximate surface area is 180 Å². The van der Waals surface area contributed by atoms with Gasteiger partial charge < -0.3 is 19.8 Å². The lowest BCUT2D eigenvalue weighted by Crippen LogP contribution is -2.46. The fraction of sp³-hybridized carbons (Fsp3) is 0.208. The average molecular weight is 420 g/mol. The lowest BCUT2D eigenvalue weighted by Gasteiger charge is -2.20. The molecule has 7 heteroatoms. The summed E-state index contributed by atoms with van der Waals surface area (Å²) in [4.78, 5) is 37.5. The molecule has 1 amide bonds. The maximum Gasteiger partial charge on any atom is 0.338 e. The first-order chi connectivity index (χ1) is 15.1. The molecule has 0 unspecified atom stereocenters. The summed E-state index contributed by atoms with van der Waals surface area (Å²) in [5, 5.41) is 5.67. The Balaban J connectivity index is 1.74. The summed E-state index contributed by atoms with van der Waals surface area (Å²) in [5.74, 6) is -1.15. The molecule has 2 aromatic carbocycles. The van der Waals surface area contributed by atoms with Crippen molar-refractivity contribution in [1.82, 2.24) is 5.32 Å². The second-order valence-electron chi connectivity index (χ2n) is 6.83. The summed E-state index contributed by atoms with van der Waals surface area (Å²) in [6.45, 7) is 2.40. The van der Waals surface area contributed by atoms with Gasteiger partial charge in [-0.25, -0.2) is 4.79 Å². The summed E-state index contributed by atoms with van der Waals surface area (Å²) in [5.41, 5.74) is 1.40. The maximum atomic E-state index is 13.0. The van der Waals surface area contributed by atoms with Crippen molar-refractivity contribution in [3.63, 3.8) is 0 Å². The highest BCUT2D eigenvalue weighted by Gasteiger charge is 2.23. The molecule has 0 aliphatic rings. The van der Waals surface area contributed by atoms with Gasteiger partial charge in [0, 0.05) is 11.3 Å². The first-order valence-electron chi connectivity index (χ1n) is 10.1. The van der Waals surface area contributed by atoms with Crippen molar-refractivity contribution in [2.75, 3.05) is 11.9 Å². The summed E-state index contributed by atoms with van der Waals surface area (Å²) in [6.07, 6.45) is 2.09. The highest BCUT2D eigenvalue weighted by Crippen LogP contribution is 2.14. The van der Waals surface area contributed by atoms with E-state index in [9.17, 15) is 14.4 Å². The van der Waals surface area contributed by atoms with Gasteiger partial charge in [0.2, 0.25) is 5.78 Å². The molecule has 0 saturated carbocycles. The van der Waals surface area contributed by atoms with Gasteiger partial charge in [-0.15, -0.1) is 0 Å². The van der Waals surface area contributed by atoms with E-state index < -0.39 is 18.0 Å². The molecular formula is C24H24N2O5. The van der Waals surface area contributed by atoms with Gasteiger partial charge in [0.1, 0.15) is 0 Å². The van der Waals surface area contributed by atoms with Gasteiger partial charge in [0.05, 0.1) is 18.4 Å². The third-order valence-electron chi connectivity index (χ3n) is 4.50. The summed E-state index contributed by atoms with van der Waals surface area (Å²) in [6, 6.07) is 18.3. The first-order valence-corrected chi connectivity index (χ1v) is 10.1. The molecule has 3 aromatic rings. The molecular weight excluding hydrogens is 396 g/mol.